The van der Waals surface area contributed by atoms with Gasteiger partial charge in [-0.1, -0.05) is 12.1 Å². The van der Waals surface area contributed by atoms with Gasteiger partial charge in [0.25, 0.3) is 0 Å². The van der Waals surface area contributed by atoms with Gasteiger partial charge in [-0.2, -0.15) is 0 Å². The van der Waals surface area contributed by atoms with Crippen molar-refractivity contribution in [2.45, 2.75) is 39.0 Å². The van der Waals surface area contributed by atoms with Crippen LogP contribution in [0.4, 0.5) is 5.69 Å². The van der Waals surface area contributed by atoms with Crippen LogP contribution in [0.3, 0.4) is 0 Å². The van der Waals surface area contributed by atoms with Crippen molar-refractivity contribution in [1.29, 1.82) is 0 Å². The number of anilines is 1. The van der Waals surface area contributed by atoms with Gasteiger partial charge < -0.3 is 9.64 Å². The van der Waals surface area contributed by atoms with Gasteiger partial charge in [0.05, 0.1) is 12.5 Å². The molecule has 3 nitrogen and oxygen atoms in total. The van der Waals surface area contributed by atoms with Crippen molar-refractivity contribution in [3.63, 3.8) is 0 Å². The molecule has 0 unspecified atom stereocenters. The average Bonchev–Trinajstić information content (AvgIpc) is 2.48. The number of hydrogen-bond acceptors (Lipinski definition) is 3. The molecule has 1 heterocycles. The summed E-state index contributed by atoms with van der Waals surface area (Å²) in [6.07, 6.45) is 3.85. The molecule has 2 rings (SSSR count). The molecule has 1 saturated heterocycles. The van der Waals surface area contributed by atoms with E-state index in [-0.39, 0.29) is 11.9 Å². The number of esters is 1. The fraction of sp³-hybridized carbons (Fsp3) is 0.562. The fourth-order valence-corrected chi connectivity index (χ4v) is 2.55. The van der Waals surface area contributed by atoms with Crippen LogP contribution in [0.5, 0.6) is 0 Å². The number of hydrogen-bond donors (Lipinski definition) is 0. The first-order valence-corrected chi connectivity index (χ1v) is 7.24. The van der Waals surface area contributed by atoms with E-state index in [0.717, 1.165) is 18.7 Å². The predicted molar refractivity (Wildman–Crippen MR) is 77.6 cm³/mol. The molecule has 104 valence electrons. The molecule has 0 N–H and O–H groups in total. The zero-order valence-corrected chi connectivity index (χ0v) is 11.9. The van der Waals surface area contributed by atoms with E-state index in [0.29, 0.717) is 6.61 Å². The second-order valence-electron chi connectivity index (χ2n) is 5.12. The summed E-state index contributed by atoms with van der Waals surface area (Å²) in [7, 11) is 0. The Kier molecular flexibility index (Phi) is 4.83. The van der Waals surface area contributed by atoms with E-state index in [1.807, 2.05) is 26.0 Å². The molecule has 1 aromatic carbocycles. The lowest BCUT2D eigenvalue weighted by atomic mass is 10.00. The quantitative estimate of drug-likeness (QED) is 0.778. The van der Waals surface area contributed by atoms with Crippen molar-refractivity contribution in [2.75, 3.05) is 24.6 Å². The normalized spacial score (nSPS) is 17.1. The van der Waals surface area contributed by atoms with E-state index in [1.54, 1.807) is 0 Å². The SMILES string of the molecule is CCOC(=O)[C@H](C)c1cccc(N2CCCCC2)c1. The highest BCUT2D eigenvalue weighted by Gasteiger charge is 2.18. The van der Waals surface area contributed by atoms with Crippen molar-refractivity contribution >= 4 is 11.7 Å². The zero-order valence-electron chi connectivity index (χ0n) is 11.9. The molecule has 1 aliphatic rings. The minimum absolute atomic E-state index is 0.140. The Morgan fingerprint density at radius 2 is 2.05 bits per heavy atom. The number of piperidine rings is 1. The molecular weight excluding hydrogens is 238 g/mol. The minimum Gasteiger partial charge on any atom is -0.466 e. The topological polar surface area (TPSA) is 29.5 Å². The van der Waals surface area contributed by atoms with Gasteiger partial charge in [-0.15, -0.1) is 0 Å². The third kappa shape index (κ3) is 3.49. The van der Waals surface area contributed by atoms with Crippen LogP contribution in [0.25, 0.3) is 0 Å². The van der Waals surface area contributed by atoms with E-state index >= 15 is 0 Å². The fourth-order valence-electron chi connectivity index (χ4n) is 2.55. The van der Waals surface area contributed by atoms with E-state index in [9.17, 15) is 4.79 Å². The third-order valence-electron chi connectivity index (χ3n) is 3.73. The molecule has 3 heteroatoms. The lowest BCUT2D eigenvalue weighted by Crippen LogP contribution is -2.29. The van der Waals surface area contributed by atoms with Crippen LogP contribution in [-0.4, -0.2) is 25.7 Å². The summed E-state index contributed by atoms with van der Waals surface area (Å²) in [5.74, 6) is -0.331. The summed E-state index contributed by atoms with van der Waals surface area (Å²) < 4.78 is 5.09. The first kappa shape index (κ1) is 13.9. The van der Waals surface area contributed by atoms with Crippen LogP contribution in [0.1, 0.15) is 44.6 Å². The van der Waals surface area contributed by atoms with Crippen molar-refractivity contribution in [2.24, 2.45) is 0 Å². The molecule has 1 fully saturated rings. The van der Waals surface area contributed by atoms with Crippen molar-refractivity contribution in [3.8, 4) is 0 Å². The maximum Gasteiger partial charge on any atom is 0.313 e. The maximum absolute atomic E-state index is 11.8. The van der Waals surface area contributed by atoms with Crippen molar-refractivity contribution < 1.29 is 9.53 Å². The highest BCUT2D eigenvalue weighted by Crippen LogP contribution is 2.25. The minimum atomic E-state index is -0.190. The summed E-state index contributed by atoms with van der Waals surface area (Å²) >= 11 is 0. The summed E-state index contributed by atoms with van der Waals surface area (Å²) in [4.78, 5) is 14.2. The van der Waals surface area contributed by atoms with E-state index in [4.69, 9.17) is 4.74 Å². The Morgan fingerprint density at radius 1 is 1.32 bits per heavy atom. The first-order valence-electron chi connectivity index (χ1n) is 7.24. The molecule has 0 aliphatic carbocycles. The first-order chi connectivity index (χ1) is 9.22. The summed E-state index contributed by atoms with van der Waals surface area (Å²) in [5, 5.41) is 0. The van der Waals surface area contributed by atoms with Gasteiger partial charge in [0.1, 0.15) is 0 Å². The van der Waals surface area contributed by atoms with Crippen molar-refractivity contribution in [1.82, 2.24) is 0 Å². The number of ether oxygens (including phenoxy) is 1. The van der Waals surface area contributed by atoms with Gasteiger partial charge in [-0.05, 0) is 50.8 Å². The molecular formula is C16H23NO2. The Hall–Kier alpha value is -1.51. The van der Waals surface area contributed by atoms with Crippen LogP contribution < -0.4 is 4.90 Å². The van der Waals surface area contributed by atoms with Gasteiger partial charge in [-0.25, -0.2) is 0 Å². The van der Waals surface area contributed by atoms with Gasteiger partial charge in [0.15, 0.2) is 0 Å². The lowest BCUT2D eigenvalue weighted by Gasteiger charge is -2.29. The Morgan fingerprint density at radius 3 is 2.74 bits per heavy atom. The zero-order chi connectivity index (χ0) is 13.7. The molecule has 0 amide bonds. The number of rotatable bonds is 4. The number of nitrogens with zero attached hydrogens (tertiary/aromatic N) is 1. The molecule has 19 heavy (non-hydrogen) atoms. The molecule has 1 atom stereocenters. The summed E-state index contributed by atoms with van der Waals surface area (Å²) in [6, 6.07) is 8.31. The average molecular weight is 261 g/mol. The molecule has 1 aromatic rings. The number of carbonyl (C=O) groups is 1. The van der Waals surface area contributed by atoms with E-state index in [1.165, 1.54) is 24.9 Å². The van der Waals surface area contributed by atoms with Crippen LogP contribution in [0, 0.1) is 0 Å². The predicted octanol–water partition coefficient (Wildman–Crippen LogP) is 3.34. The molecule has 0 bridgehead atoms. The lowest BCUT2D eigenvalue weighted by molar-refractivity contribution is -0.144. The van der Waals surface area contributed by atoms with Crippen LogP contribution >= 0.6 is 0 Å². The summed E-state index contributed by atoms with van der Waals surface area (Å²) in [5.41, 5.74) is 2.27. The third-order valence-corrected chi connectivity index (χ3v) is 3.73. The molecule has 0 saturated carbocycles. The smallest absolute Gasteiger partial charge is 0.313 e. The van der Waals surface area contributed by atoms with E-state index < -0.39 is 0 Å². The highest BCUT2D eigenvalue weighted by molar-refractivity contribution is 5.78. The van der Waals surface area contributed by atoms with Gasteiger partial charge in [0, 0.05) is 18.8 Å². The van der Waals surface area contributed by atoms with Crippen LogP contribution in [0.2, 0.25) is 0 Å². The molecule has 0 radical (unpaired) electrons. The van der Waals surface area contributed by atoms with Crippen molar-refractivity contribution in [3.05, 3.63) is 29.8 Å². The Balaban J connectivity index is 2.11. The number of benzene rings is 1. The van der Waals surface area contributed by atoms with Gasteiger partial charge in [-0.3, -0.25) is 4.79 Å². The number of carbonyl (C=O) groups excluding carboxylic acids is 1. The monoisotopic (exact) mass is 261 g/mol. The standard InChI is InChI=1S/C16H23NO2/c1-3-19-16(18)13(2)14-8-7-9-15(12-14)17-10-5-4-6-11-17/h7-9,12-13H,3-6,10-11H2,1-2H3/t13-/m1/s1. The molecule has 0 spiro atoms. The van der Waals surface area contributed by atoms with Crippen LogP contribution in [0.15, 0.2) is 24.3 Å². The highest BCUT2D eigenvalue weighted by atomic mass is 16.5. The van der Waals surface area contributed by atoms with E-state index in [2.05, 4.69) is 17.0 Å². The molecule has 0 aromatic heterocycles. The van der Waals surface area contributed by atoms with Crippen LogP contribution in [-0.2, 0) is 9.53 Å². The largest absolute Gasteiger partial charge is 0.466 e. The summed E-state index contributed by atoms with van der Waals surface area (Å²) in [6.45, 7) is 6.44. The Labute approximate surface area is 115 Å². The Bertz CT molecular complexity index is 425. The van der Waals surface area contributed by atoms with Gasteiger partial charge >= 0.3 is 5.97 Å². The van der Waals surface area contributed by atoms with Gasteiger partial charge in [0.2, 0.25) is 0 Å². The maximum atomic E-state index is 11.8. The second-order valence-corrected chi connectivity index (χ2v) is 5.12. The second kappa shape index (κ2) is 6.60. The molecule has 1 aliphatic heterocycles.